The minimum absolute atomic E-state index is 0.0459. The number of hydrogen-bond donors (Lipinski definition) is 1. The SMILES string of the molecule is CC(C)CC1[NH2+]CCC1c1c([O-])n(C)c(=O)n(C)c1=O. The Morgan fingerprint density at radius 1 is 1.30 bits per heavy atom. The van der Waals surface area contributed by atoms with Gasteiger partial charge in [-0.1, -0.05) is 13.8 Å². The Morgan fingerprint density at radius 2 is 1.95 bits per heavy atom. The van der Waals surface area contributed by atoms with Crippen molar-refractivity contribution in [1.82, 2.24) is 9.13 Å². The second-order valence-corrected chi connectivity index (χ2v) is 6.14. The Balaban J connectivity index is 2.53. The van der Waals surface area contributed by atoms with Gasteiger partial charge < -0.3 is 15.0 Å². The third-order valence-corrected chi connectivity index (χ3v) is 4.22. The van der Waals surface area contributed by atoms with E-state index in [9.17, 15) is 14.7 Å². The van der Waals surface area contributed by atoms with Crippen LogP contribution < -0.4 is 21.7 Å². The molecular weight excluding hydrogens is 258 g/mol. The van der Waals surface area contributed by atoms with Crippen LogP contribution in [0.25, 0.3) is 0 Å². The van der Waals surface area contributed by atoms with Crippen LogP contribution in [0.2, 0.25) is 0 Å². The molecule has 2 heterocycles. The number of nitrogens with two attached hydrogens (primary N) is 1. The smallest absolute Gasteiger partial charge is 0.329 e. The van der Waals surface area contributed by atoms with E-state index < -0.39 is 17.1 Å². The minimum atomic E-state index is -0.550. The number of rotatable bonds is 3. The molecule has 1 aromatic heterocycles. The van der Waals surface area contributed by atoms with Crippen LogP contribution in [-0.4, -0.2) is 21.7 Å². The minimum Gasteiger partial charge on any atom is -0.860 e. The average molecular weight is 281 g/mol. The fourth-order valence-electron chi connectivity index (χ4n) is 3.20. The van der Waals surface area contributed by atoms with Crippen molar-refractivity contribution in [3.8, 4) is 5.88 Å². The van der Waals surface area contributed by atoms with Gasteiger partial charge in [0.1, 0.15) is 0 Å². The van der Waals surface area contributed by atoms with Gasteiger partial charge in [-0.15, -0.1) is 0 Å². The van der Waals surface area contributed by atoms with Crippen LogP contribution in [0.4, 0.5) is 0 Å². The van der Waals surface area contributed by atoms with Crippen LogP contribution in [0.3, 0.4) is 0 Å². The summed E-state index contributed by atoms with van der Waals surface area (Å²) in [6, 6.07) is 0.257. The second-order valence-electron chi connectivity index (χ2n) is 6.14. The Labute approximate surface area is 118 Å². The van der Waals surface area contributed by atoms with Gasteiger partial charge in [0.2, 0.25) is 0 Å². The first-order valence-corrected chi connectivity index (χ1v) is 7.14. The normalized spacial score (nSPS) is 22.6. The van der Waals surface area contributed by atoms with E-state index in [4.69, 9.17) is 0 Å². The molecule has 2 rings (SSSR count). The molecule has 1 fully saturated rings. The molecule has 0 aliphatic carbocycles. The number of hydrogen-bond acceptors (Lipinski definition) is 3. The summed E-state index contributed by atoms with van der Waals surface area (Å²) < 4.78 is 2.09. The highest BCUT2D eigenvalue weighted by atomic mass is 16.3. The van der Waals surface area contributed by atoms with Crippen molar-refractivity contribution in [3.63, 3.8) is 0 Å². The molecule has 0 radical (unpaired) electrons. The van der Waals surface area contributed by atoms with Crippen LogP contribution in [0.15, 0.2) is 9.59 Å². The Kier molecular flexibility index (Phi) is 4.04. The van der Waals surface area contributed by atoms with Gasteiger partial charge in [0.25, 0.3) is 5.56 Å². The molecule has 1 aliphatic heterocycles. The van der Waals surface area contributed by atoms with Crippen molar-refractivity contribution < 1.29 is 10.4 Å². The highest BCUT2D eigenvalue weighted by Crippen LogP contribution is 2.28. The van der Waals surface area contributed by atoms with Crippen molar-refractivity contribution in [1.29, 1.82) is 0 Å². The Morgan fingerprint density at radius 3 is 2.55 bits per heavy atom. The first kappa shape index (κ1) is 14.8. The molecule has 1 saturated heterocycles. The molecule has 0 saturated carbocycles. The zero-order valence-electron chi connectivity index (χ0n) is 12.5. The molecule has 6 heteroatoms. The maximum atomic E-state index is 12.3. The van der Waals surface area contributed by atoms with E-state index >= 15 is 0 Å². The lowest BCUT2D eigenvalue weighted by Gasteiger charge is -2.24. The summed E-state index contributed by atoms with van der Waals surface area (Å²) in [5, 5.41) is 14.5. The zero-order valence-corrected chi connectivity index (χ0v) is 12.5. The van der Waals surface area contributed by atoms with Crippen LogP contribution >= 0.6 is 0 Å². The largest absolute Gasteiger partial charge is 0.860 e. The molecule has 2 atom stereocenters. The summed E-state index contributed by atoms with van der Waals surface area (Å²) in [4.78, 5) is 24.1. The summed E-state index contributed by atoms with van der Waals surface area (Å²) in [7, 11) is 2.87. The Hall–Kier alpha value is -1.56. The standard InChI is InChI=1S/C14H23N3O3/c1-8(2)7-10-9(5-6-15-10)11-12(18)16(3)14(20)17(4)13(11)19/h8-10,15,18H,5-7H2,1-4H3. The van der Waals surface area contributed by atoms with E-state index in [1.54, 1.807) is 0 Å². The number of aromatic nitrogens is 2. The average Bonchev–Trinajstić information content (AvgIpc) is 2.82. The maximum Gasteiger partial charge on any atom is 0.329 e. The molecule has 0 amide bonds. The number of nitrogens with zero attached hydrogens (tertiary/aromatic N) is 2. The topological polar surface area (TPSA) is 83.7 Å². The van der Waals surface area contributed by atoms with Crippen molar-refractivity contribution in [2.24, 2.45) is 20.0 Å². The molecule has 2 N–H and O–H groups in total. The summed E-state index contributed by atoms with van der Waals surface area (Å²) in [6.07, 6.45) is 1.79. The van der Waals surface area contributed by atoms with Crippen LogP contribution in [0, 0.1) is 5.92 Å². The highest BCUT2D eigenvalue weighted by molar-refractivity contribution is 5.27. The lowest BCUT2D eigenvalue weighted by molar-refractivity contribution is -0.672. The van der Waals surface area contributed by atoms with Gasteiger partial charge in [-0.3, -0.25) is 9.36 Å². The van der Waals surface area contributed by atoms with Gasteiger partial charge in [-0.25, -0.2) is 4.79 Å². The Bertz CT molecular complexity index is 615. The van der Waals surface area contributed by atoms with Crippen LogP contribution in [-0.2, 0) is 14.1 Å². The molecule has 20 heavy (non-hydrogen) atoms. The lowest BCUT2D eigenvalue weighted by atomic mass is 9.88. The molecule has 6 nitrogen and oxygen atoms in total. The van der Waals surface area contributed by atoms with Crippen molar-refractivity contribution in [3.05, 3.63) is 26.4 Å². The zero-order chi connectivity index (χ0) is 15.0. The summed E-state index contributed by atoms with van der Waals surface area (Å²) >= 11 is 0. The molecule has 0 spiro atoms. The second kappa shape index (κ2) is 5.44. The molecule has 2 unspecified atom stereocenters. The van der Waals surface area contributed by atoms with Crippen molar-refractivity contribution >= 4 is 0 Å². The van der Waals surface area contributed by atoms with E-state index in [1.165, 1.54) is 14.1 Å². The fraction of sp³-hybridized carbons (Fsp3) is 0.714. The van der Waals surface area contributed by atoms with E-state index in [2.05, 4.69) is 19.2 Å². The molecule has 1 aromatic rings. The van der Waals surface area contributed by atoms with E-state index in [-0.39, 0.29) is 17.5 Å². The summed E-state index contributed by atoms with van der Waals surface area (Å²) in [5.41, 5.74) is -0.688. The van der Waals surface area contributed by atoms with Gasteiger partial charge in [0.15, 0.2) is 0 Å². The van der Waals surface area contributed by atoms with Gasteiger partial charge in [-0.05, 0) is 11.8 Å². The quantitative estimate of drug-likeness (QED) is 0.741. The van der Waals surface area contributed by atoms with E-state index in [0.29, 0.717) is 5.92 Å². The lowest BCUT2D eigenvalue weighted by Crippen LogP contribution is -2.87. The monoisotopic (exact) mass is 281 g/mol. The summed E-state index contributed by atoms with van der Waals surface area (Å²) in [6.45, 7) is 5.20. The van der Waals surface area contributed by atoms with Gasteiger partial charge in [0, 0.05) is 38.4 Å². The van der Waals surface area contributed by atoms with Crippen molar-refractivity contribution in [2.75, 3.05) is 6.54 Å². The van der Waals surface area contributed by atoms with Crippen LogP contribution in [0.1, 0.15) is 38.2 Å². The van der Waals surface area contributed by atoms with Gasteiger partial charge in [-0.2, -0.15) is 0 Å². The third-order valence-electron chi connectivity index (χ3n) is 4.22. The predicted molar refractivity (Wildman–Crippen MR) is 73.8 cm³/mol. The molecule has 0 bridgehead atoms. The fourth-order valence-corrected chi connectivity index (χ4v) is 3.20. The molecular formula is C14H23N3O3. The number of quaternary nitrogens is 1. The first-order valence-electron chi connectivity index (χ1n) is 7.14. The maximum absolute atomic E-state index is 12.3. The first-order chi connectivity index (χ1) is 9.34. The summed E-state index contributed by atoms with van der Waals surface area (Å²) in [5.74, 6) is 0.0471. The predicted octanol–water partition coefficient (Wildman–Crippen LogP) is -1.38. The molecule has 0 aromatic carbocycles. The van der Waals surface area contributed by atoms with Crippen molar-refractivity contribution in [2.45, 2.75) is 38.6 Å². The highest BCUT2D eigenvalue weighted by Gasteiger charge is 2.35. The van der Waals surface area contributed by atoms with Gasteiger partial charge >= 0.3 is 5.69 Å². The molecule has 112 valence electrons. The molecule has 1 aliphatic rings. The van der Waals surface area contributed by atoms with Gasteiger partial charge in [0.05, 0.1) is 12.6 Å². The van der Waals surface area contributed by atoms with Crippen LogP contribution in [0.5, 0.6) is 5.88 Å². The van der Waals surface area contributed by atoms with E-state index in [0.717, 1.165) is 28.5 Å². The van der Waals surface area contributed by atoms with E-state index in [1.807, 2.05) is 0 Å². The third kappa shape index (κ3) is 2.40.